The Balaban J connectivity index is 1.29. The topological polar surface area (TPSA) is 38.7 Å². The van der Waals surface area contributed by atoms with Gasteiger partial charge < -0.3 is 0 Å². The van der Waals surface area contributed by atoms with Crippen LogP contribution in [0.4, 0.5) is 0 Å². The van der Waals surface area contributed by atoms with Gasteiger partial charge in [0.25, 0.3) is 0 Å². The van der Waals surface area contributed by atoms with Gasteiger partial charge in [-0.15, -0.1) is 27.7 Å². The Morgan fingerprint density at radius 1 is 0.283 bits per heavy atom. The van der Waals surface area contributed by atoms with Crippen molar-refractivity contribution in [1.29, 1.82) is 0 Å². The minimum atomic E-state index is 0.661. The third kappa shape index (κ3) is 6.48. The fourth-order valence-electron chi connectivity index (χ4n) is 9.45. The van der Waals surface area contributed by atoms with Crippen molar-refractivity contribution >= 4 is 178 Å². The molecule has 0 amide bonds. The highest BCUT2D eigenvalue weighted by molar-refractivity contribution is 7.28. The Morgan fingerprint density at radius 3 is 1.30 bits per heavy atom. The summed E-state index contributed by atoms with van der Waals surface area (Å²) in [5.74, 6) is 2.02. The number of nitrogens with zero attached hydrogens (tertiary/aromatic N) is 3. The van der Waals surface area contributed by atoms with Crippen LogP contribution in [0.2, 0.25) is 0 Å². The molecule has 9 aromatic rings. The number of hydrogen-bond donors (Lipinski definition) is 0. The molecule has 0 radical (unpaired) electrons. The molecule has 0 saturated heterocycles. The zero-order valence-corrected chi connectivity index (χ0v) is 37.5. The first-order chi connectivity index (χ1) is 28.8. The Morgan fingerprint density at radius 2 is 0.683 bits per heavy atom. The maximum absolute atomic E-state index is 5.37. The van der Waals surface area contributed by atoms with Crippen molar-refractivity contribution in [2.75, 3.05) is 0 Å². The Kier molecular flexibility index (Phi) is 10.3. The molecule has 2 aromatic heterocycles. The van der Waals surface area contributed by atoms with Crippen LogP contribution < -0.4 is 60.1 Å². The van der Waals surface area contributed by atoms with Gasteiger partial charge >= 0.3 is 0 Å². The van der Waals surface area contributed by atoms with Crippen LogP contribution in [0.5, 0.6) is 0 Å². The number of benzene rings is 7. The quantitative estimate of drug-likeness (QED) is 0.158. The number of thiophene rings is 1. The van der Waals surface area contributed by atoms with Crippen LogP contribution in [-0.4, -0.2) is 101 Å². The lowest BCUT2D eigenvalue weighted by molar-refractivity contribution is 1.08. The Hall–Kier alpha value is -5.52. The van der Waals surface area contributed by atoms with Crippen molar-refractivity contribution in [3.05, 3.63) is 109 Å². The van der Waals surface area contributed by atoms with Crippen molar-refractivity contribution in [2.45, 2.75) is 0 Å². The number of rotatable bonds is 6. The summed E-state index contributed by atoms with van der Waals surface area (Å²) >= 11 is 1.95. The van der Waals surface area contributed by atoms with Gasteiger partial charge in [0.15, 0.2) is 17.5 Å². The van der Waals surface area contributed by atoms with Gasteiger partial charge in [-0.05, 0) is 50.2 Å². The summed E-state index contributed by atoms with van der Waals surface area (Å²) in [6.45, 7) is 0. The van der Waals surface area contributed by atoms with Crippen LogP contribution in [0.25, 0.3) is 87.7 Å². The van der Waals surface area contributed by atoms with E-state index in [1.165, 1.54) is 97.0 Å². The number of aromatic nitrogens is 3. The largest absolute Gasteiger partial charge is 0.208 e. The van der Waals surface area contributed by atoms with Crippen molar-refractivity contribution in [2.24, 2.45) is 0 Å². The first kappa shape index (κ1) is 39.9. The van der Waals surface area contributed by atoms with Gasteiger partial charge in [0.1, 0.15) is 86.3 Å². The van der Waals surface area contributed by atoms with E-state index in [0.29, 0.717) is 17.5 Å². The van der Waals surface area contributed by atoms with Crippen molar-refractivity contribution in [1.82, 2.24) is 15.0 Å². The van der Waals surface area contributed by atoms with Gasteiger partial charge in [0, 0.05) is 26.1 Å². The van der Waals surface area contributed by atoms with Crippen LogP contribution in [0, 0.1) is 0 Å². The third-order valence-corrected chi connectivity index (χ3v) is 15.0. The lowest BCUT2D eigenvalue weighted by Crippen LogP contribution is -2.56. The number of fused-ring (bicyclic) bond motifs is 3. The highest BCUT2D eigenvalue weighted by Crippen LogP contribution is 2.33. The Labute approximate surface area is 367 Å². The van der Waals surface area contributed by atoms with Crippen LogP contribution >= 0.6 is 11.3 Å². The Bertz CT molecular complexity index is 3180. The predicted molar refractivity (Wildman–Crippen MR) is 295 cm³/mol. The molecular formula is C45H40B11N3S. The monoisotopic (exact) mass is 775 g/mol. The summed E-state index contributed by atoms with van der Waals surface area (Å²) in [4.78, 5) is 15.9. The van der Waals surface area contributed by atoms with Gasteiger partial charge in [-0.25, -0.2) is 15.0 Å². The van der Waals surface area contributed by atoms with Gasteiger partial charge in [-0.2, -0.15) is 0 Å². The highest BCUT2D eigenvalue weighted by Gasteiger charge is 2.25. The molecule has 0 spiro atoms. The lowest BCUT2D eigenvalue weighted by atomic mass is 9.57. The number of hydrogen-bond acceptors (Lipinski definition) is 4. The highest BCUT2D eigenvalue weighted by atomic mass is 32.1. The molecule has 7 aromatic carbocycles. The van der Waals surface area contributed by atoms with E-state index in [0.717, 1.165) is 33.4 Å². The van der Waals surface area contributed by atoms with Gasteiger partial charge in [-0.3, -0.25) is 0 Å². The molecule has 274 valence electrons. The van der Waals surface area contributed by atoms with E-state index in [9.17, 15) is 0 Å². The van der Waals surface area contributed by atoms with E-state index < -0.39 is 0 Å². The summed E-state index contributed by atoms with van der Waals surface area (Å²) in [6, 6.07) is 38.2. The lowest BCUT2D eigenvalue weighted by Gasteiger charge is -2.25. The van der Waals surface area contributed by atoms with E-state index >= 15 is 0 Å². The van der Waals surface area contributed by atoms with Gasteiger partial charge in [-0.1, -0.05) is 147 Å². The SMILES string of the molecule is Bc1c(B)c(B)c(-c2c(B)c(B)c3c(sc4c(B)c(B)c(-c5nc(-c6ccc(-c7ccccc7)cc6)nc(-c6cccc(-c7ccccc7)c6)n5)c(B)c43)c2B)c(B)c1B. The fourth-order valence-corrected chi connectivity index (χ4v) is 10.9. The van der Waals surface area contributed by atoms with Crippen LogP contribution in [0.3, 0.4) is 0 Å². The zero-order chi connectivity index (χ0) is 42.1. The minimum Gasteiger partial charge on any atom is -0.208 e. The van der Waals surface area contributed by atoms with E-state index in [1.807, 2.05) is 11.3 Å². The second-order valence-electron chi connectivity index (χ2n) is 16.7. The zero-order valence-electron chi connectivity index (χ0n) is 36.6. The molecule has 15 heteroatoms. The second-order valence-corrected chi connectivity index (χ2v) is 17.7. The summed E-state index contributed by atoms with van der Waals surface area (Å²) < 4.78 is 2.71. The summed E-state index contributed by atoms with van der Waals surface area (Å²) in [5, 5.41) is 2.67. The van der Waals surface area contributed by atoms with Crippen LogP contribution in [-0.2, 0) is 0 Å². The standard InChI is InChI=1S/C45H40B11N3S/c46-30-27-28-34(50)31(47)26(25-32(48)37(53)39(55)38(54)33(25)49)36(52)41(28)60-42(27)40(56)35(51)29(30)45-58-43(22-16-14-21(15-17-22)19-8-3-1-4-9-19)57-44(59-45)24-13-7-12-23(18-24)20-10-5-2-6-11-20/h1-18H,46-56H2. The fraction of sp³-hybridized carbons (Fsp3) is 0. The van der Waals surface area contributed by atoms with Crippen LogP contribution in [0.1, 0.15) is 0 Å². The smallest absolute Gasteiger partial charge is 0.164 e. The maximum atomic E-state index is 5.37. The molecule has 60 heavy (non-hydrogen) atoms. The molecule has 0 aliphatic rings. The average Bonchev–Trinajstić information content (AvgIpc) is 3.70. The summed E-state index contributed by atoms with van der Waals surface area (Å²) in [5.41, 5.74) is 25.1. The van der Waals surface area contributed by atoms with E-state index in [4.69, 9.17) is 15.0 Å². The van der Waals surface area contributed by atoms with E-state index in [2.05, 4.69) is 196 Å². The van der Waals surface area contributed by atoms with Crippen molar-refractivity contribution in [3.63, 3.8) is 0 Å². The van der Waals surface area contributed by atoms with Crippen molar-refractivity contribution < 1.29 is 0 Å². The molecule has 0 fully saturated rings. The maximum Gasteiger partial charge on any atom is 0.164 e. The normalized spacial score (nSPS) is 11.4. The molecule has 0 aliphatic carbocycles. The van der Waals surface area contributed by atoms with Crippen LogP contribution in [0.15, 0.2) is 109 Å². The second kappa shape index (κ2) is 15.5. The van der Waals surface area contributed by atoms with Gasteiger partial charge in [0.05, 0.1) is 0 Å². The molecule has 0 atom stereocenters. The molecular weight excluding hydrogens is 734 g/mol. The first-order valence-corrected chi connectivity index (χ1v) is 21.8. The van der Waals surface area contributed by atoms with Gasteiger partial charge in [0.2, 0.25) is 0 Å². The molecule has 2 heterocycles. The van der Waals surface area contributed by atoms with E-state index in [-0.39, 0.29) is 0 Å². The molecule has 0 aliphatic heterocycles. The molecule has 3 nitrogen and oxygen atoms in total. The molecule has 0 bridgehead atoms. The minimum absolute atomic E-state index is 0.661. The van der Waals surface area contributed by atoms with Crippen molar-refractivity contribution in [3.8, 4) is 67.5 Å². The van der Waals surface area contributed by atoms with E-state index in [1.54, 1.807) is 0 Å². The molecule has 9 rings (SSSR count). The predicted octanol–water partition coefficient (Wildman–Crippen LogP) is -6.92. The molecule has 0 unspecified atom stereocenters. The average molecular weight is 774 g/mol. The first-order valence-electron chi connectivity index (χ1n) is 21.0. The summed E-state index contributed by atoms with van der Waals surface area (Å²) in [6.07, 6.45) is 0. The third-order valence-electron chi connectivity index (χ3n) is 13.6. The molecule has 0 saturated carbocycles. The molecule has 0 N–H and O–H groups in total. The summed E-state index contributed by atoms with van der Waals surface area (Å²) in [7, 11) is 25.3.